The quantitative estimate of drug-likeness (QED) is 0.575. The Morgan fingerprint density at radius 3 is 2.71 bits per heavy atom. The lowest BCUT2D eigenvalue weighted by Gasteiger charge is -2.10. The zero-order valence-corrected chi connectivity index (χ0v) is 15.4. The van der Waals surface area contributed by atoms with Gasteiger partial charge in [0, 0.05) is 30.4 Å². The van der Waals surface area contributed by atoms with Crippen LogP contribution >= 0.6 is 0 Å². The lowest BCUT2D eigenvalue weighted by molar-refractivity contribution is 0.0952. The van der Waals surface area contributed by atoms with Crippen LogP contribution in [0.1, 0.15) is 15.9 Å². The number of carbonyl (C=O) groups is 1. The fourth-order valence-corrected chi connectivity index (χ4v) is 3.16. The number of fused-ring (bicyclic) bond motifs is 1. The molecule has 0 fully saturated rings. The Kier molecular flexibility index (Phi) is 4.85. The molecule has 0 radical (unpaired) electrons. The molecule has 5 nitrogen and oxygen atoms in total. The normalized spacial score (nSPS) is 10.9. The molecule has 28 heavy (non-hydrogen) atoms. The van der Waals surface area contributed by atoms with Gasteiger partial charge in [0.25, 0.3) is 5.91 Å². The first-order valence-electron chi connectivity index (χ1n) is 9.04. The highest BCUT2D eigenvalue weighted by Gasteiger charge is 2.14. The molecule has 0 unspecified atom stereocenters. The molecule has 0 atom stereocenters. The van der Waals surface area contributed by atoms with Crippen LogP contribution in [0.3, 0.4) is 0 Å². The van der Waals surface area contributed by atoms with Crippen LogP contribution in [0, 0.1) is 12.7 Å². The summed E-state index contributed by atoms with van der Waals surface area (Å²) in [6.45, 7) is 2.87. The van der Waals surface area contributed by atoms with Gasteiger partial charge in [0.1, 0.15) is 17.2 Å². The molecule has 0 saturated carbocycles. The minimum Gasteiger partial charge on any atom is -0.350 e. The molecule has 1 N–H and O–H groups in total. The SMILES string of the molecule is Cc1cccc(C(=O)NCCn2c(-c3ccc(F)cc3)nc3cccnc32)c1. The van der Waals surface area contributed by atoms with E-state index in [4.69, 9.17) is 0 Å². The maximum absolute atomic E-state index is 13.3. The van der Waals surface area contributed by atoms with Crippen molar-refractivity contribution in [3.63, 3.8) is 0 Å². The van der Waals surface area contributed by atoms with Crippen LogP contribution in [0.15, 0.2) is 66.9 Å². The predicted molar refractivity (Wildman–Crippen MR) is 106 cm³/mol. The Hall–Kier alpha value is -3.54. The van der Waals surface area contributed by atoms with Crippen molar-refractivity contribution >= 4 is 17.1 Å². The zero-order valence-electron chi connectivity index (χ0n) is 15.4. The minimum absolute atomic E-state index is 0.121. The van der Waals surface area contributed by atoms with Crippen LogP contribution < -0.4 is 5.32 Å². The number of pyridine rings is 1. The molecule has 0 aliphatic heterocycles. The van der Waals surface area contributed by atoms with Crippen molar-refractivity contribution < 1.29 is 9.18 Å². The van der Waals surface area contributed by atoms with Gasteiger partial charge in [-0.05, 0) is 55.5 Å². The molecule has 1 amide bonds. The first kappa shape index (κ1) is 17.9. The third-order valence-electron chi connectivity index (χ3n) is 4.51. The van der Waals surface area contributed by atoms with Crippen molar-refractivity contribution in [1.82, 2.24) is 19.9 Å². The third kappa shape index (κ3) is 3.62. The summed E-state index contributed by atoms with van der Waals surface area (Å²) >= 11 is 0. The van der Waals surface area contributed by atoms with Gasteiger partial charge >= 0.3 is 0 Å². The van der Waals surface area contributed by atoms with Crippen LogP contribution in [-0.4, -0.2) is 27.0 Å². The molecule has 2 aromatic carbocycles. The van der Waals surface area contributed by atoms with Crippen molar-refractivity contribution in [3.8, 4) is 11.4 Å². The fourth-order valence-electron chi connectivity index (χ4n) is 3.16. The van der Waals surface area contributed by atoms with Gasteiger partial charge in [-0.1, -0.05) is 17.7 Å². The van der Waals surface area contributed by atoms with Gasteiger partial charge in [-0.3, -0.25) is 4.79 Å². The first-order chi connectivity index (χ1) is 13.6. The Bertz CT molecular complexity index is 1130. The van der Waals surface area contributed by atoms with Crippen LogP contribution in [0.4, 0.5) is 4.39 Å². The van der Waals surface area contributed by atoms with Crippen molar-refractivity contribution in [1.29, 1.82) is 0 Å². The molecule has 0 aliphatic rings. The van der Waals surface area contributed by atoms with Crippen molar-refractivity contribution in [2.45, 2.75) is 13.5 Å². The number of halogens is 1. The second-order valence-corrected chi connectivity index (χ2v) is 6.57. The molecule has 4 aromatic rings. The van der Waals surface area contributed by atoms with Crippen molar-refractivity contribution in [2.24, 2.45) is 0 Å². The van der Waals surface area contributed by atoms with E-state index >= 15 is 0 Å². The van der Waals surface area contributed by atoms with E-state index < -0.39 is 0 Å². The average Bonchev–Trinajstić information content (AvgIpc) is 3.07. The first-order valence-corrected chi connectivity index (χ1v) is 9.04. The Labute approximate surface area is 161 Å². The second-order valence-electron chi connectivity index (χ2n) is 6.57. The summed E-state index contributed by atoms with van der Waals surface area (Å²) < 4.78 is 15.2. The lowest BCUT2D eigenvalue weighted by Crippen LogP contribution is -2.27. The number of carbonyl (C=O) groups excluding carboxylic acids is 1. The number of amides is 1. The number of imidazole rings is 1. The fraction of sp³-hybridized carbons (Fsp3) is 0.136. The molecule has 2 aromatic heterocycles. The van der Waals surface area contributed by atoms with E-state index in [1.54, 1.807) is 24.4 Å². The molecular formula is C22H19FN4O. The number of benzene rings is 2. The summed E-state index contributed by atoms with van der Waals surface area (Å²) in [5.41, 5.74) is 3.95. The highest BCUT2D eigenvalue weighted by molar-refractivity contribution is 5.94. The molecule has 0 saturated heterocycles. The standard InChI is InChI=1S/C22H19FN4O/c1-15-4-2-5-17(14-15)22(28)25-12-13-27-20(16-7-9-18(23)10-8-16)26-19-6-3-11-24-21(19)27/h2-11,14H,12-13H2,1H3,(H,25,28). The molecule has 0 bridgehead atoms. The van der Waals surface area contributed by atoms with Gasteiger partial charge < -0.3 is 9.88 Å². The Balaban J connectivity index is 1.58. The number of aryl methyl sites for hydroxylation is 1. The van der Waals surface area contributed by atoms with E-state index in [2.05, 4.69) is 15.3 Å². The highest BCUT2D eigenvalue weighted by Crippen LogP contribution is 2.23. The number of aromatic nitrogens is 3. The van der Waals surface area contributed by atoms with Gasteiger partial charge in [-0.15, -0.1) is 0 Å². The Morgan fingerprint density at radius 2 is 1.93 bits per heavy atom. The van der Waals surface area contributed by atoms with Gasteiger partial charge in [0.05, 0.1) is 0 Å². The summed E-state index contributed by atoms with van der Waals surface area (Å²) in [5, 5.41) is 2.94. The van der Waals surface area contributed by atoms with Crippen LogP contribution in [0.2, 0.25) is 0 Å². The van der Waals surface area contributed by atoms with Crippen molar-refractivity contribution in [2.75, 3.05) is 6.54 Å². The van der Waals surface area contributed by atoms with Crippen LogP contribution in [0.25, 0.3) is 22.6 Å². The summed E-state index contributed by atoms with van der Waals surface area (Å²) in [6, 6.07) is 17.4. The number of hydrogen-bond acceptors (Lipinski definition) is 3. The molecule has 140 valence electrons. The average molecular weight is 374 g/mol. The lowest BCUT2D eigenvalue weighted by atomic mass is 10.1. The smallest absolute Gasteiger partial charge is 0.251 e. The molecule has 0 spiro atoms. The monoisotopic (exact) mass is 374 g/mol. The van der Waals surface area contributed by atoms with E-state index in [0.717, 1.165) is 22.3 Å². The number of nitrogens with one attached hydrogen (secondary N) is 1. The largest absolute Gasteiger partial charge is 0.350 e. The zero-order chi connectivity index (χ0) is 19.5. The molecule has 0 aliphatic carbocycles. The summed E-state index contributed by atoms with van der Waals surface area (Å²) in [7, 11) is 0. The van der Waals surface area contributed by atoms with E-state index in [1.807, 2.05) is 41.8 Å². The second kappa shape index (κ2) is 7.60. The number of hydrogen-bond donors (Lipinski definition) is 1. The van der Waals surface area contributed by atoms with Crippen molar-refractivity contribution in [3.05, 3.63) is 83.8 Å². The van der Waals surface area contributed by atoms with Gasteiger partial charge in [-0.25, -0.2) is 14.4 Å². The maximum Gasteiger partial charge on any atom is 0.251 e. The molecule has 4 rings (SSSR count). The van der Waals surface area contributed by atoms with E-state index in [0.29, 0.717) is 24.5 Å². The van der Waals surface area contributed by atoms with E-state index in [1.165, 1.54) is 12.1 Å². The van der Waals surface area contributed by atoms with Gasteiger partial charge in [0.15, 0.2) is 5.65 Å². The maximum atomic E-state index is 13.3. The number of nitrogens with zero attached hydrogens (tertiary/aromatic N) is 3. The van der Waals surface area contributed by atoms with Gasteiger partial charge in [0.2, 0.25) is 0 Å². The molecular weight excluding hydrogens is 355 g/mol. The van der Waals surface area contributed by atoms with Gasteiger partial charge in [-0.2, -0.15) is 0 Å². The third-order valence-corrected chi connectivity index (χ3v) is 4.51. The Morgan fingerprint density at radius 1 is 1.11 bits per heavy atom. The van der Waals surface area contributed by atoms with Crippen LogP contribution in [0.5, 0.6) is 0 Å². The summed E-state index contributed by atoms with van der Waals surface area (Å²) in [4.78, 5) is 21.5. The summed E-state index contributed by atoms with van der Waals surface area (Å²) in [5.74, 6) is 0.276. The van der Waals surface area contributed by atoms with E-state index in [9.17, 15) is 9.18 Å². The highest BCUT2D eigenvalue weighted by atomic mass is 19.1. The minimum atomic E-state index is -0.296. The molecule has 2 heterocycles. The van der Waals surface area contributed by atoms with E-state index in [-0.39, 0.29) is 11.7 Å². The number of rotatable bonds is 5. The molecule has 6 heteroatoms. The summed E-state index contributed by atoms with van der Waals surface area (Å²) in [6.07, 6.45) is 1.71. The topological polar surface area (TPSA) is 59.8 Å². The predicted octanol–water partition coefficient (Wildman–Crippen LogP) is 3.98. The van der Waals surface area contributed by atoms with Crippen LogP contribution in [-0.2, 0) is 6.54 Å².